The normalized spacial score (nSPS) is 31.4. The molecule has 2 unspecified atom stereocenters. The van der Waals surface area contributed by atoms with Gasteiger partial charge in [0.05, 0.1) is 7.11 Å². The van der Waals surface area contributed by atoms with Crippen LogP contribution >= 0.6 is 0 Å². The summed E-state index contributed by atoms with van der Waals surface area (Å²) in [6, 6.07) is -0.504. The fraction of sp³-hybridized carbons (Fsp3) is 0.786. The molecule has 1 aliphatic carbocycles. The molecule has 7 nitrogen and oxygen atoms in total. The number of hydroxylamine groups is 1. The SMILES string of the molecule is CONC(=O)CN1C(=O)NC2(CC(C)CC(C)(C)C2)C1=O. The Morgan fingerprint density at radius 1 is 1.43 bits per heavy atom. The molecule has 2 atom stereocenters. The van der Waals surface area contributed by atoms with Crippen molar-refractivity contribution in [3.05, 3.63) is 0 Å². The van der Waals surface area contributed by atoms with Crippen LogP contribution in [0.25, 0.3) is 0 Å². The molecular weight excluding hydrogens is 274 g/mol. The number of nitrogens with one attached hydrogen (secondary N) is 2. The molecule has 0 aromatic carbocycles. The van der Waals surface area contributed by atoms with E-state index in [0.717, 1.165) is 11.3 Å². The minimum absolute atomic E-state index is 0.0224. The average Bonchev–Trinajstić information content (AvgIpc) is 2.51. The quantitative estimate of drug-likeness (QED) is 0.596. The van der Waals surface area contributed by atoms with Crippen LogP contribution in [0.3, 0.4) is 0 Å². The van der Waals surface area contributed by atoms with Crippen LogP contribution < -0.4 is 10.8 Å². The van der Waals surface area contributed by atoms with Gasteiger partial charge in [-0.2, -0.15) is 0 Å². The highest BCUT2D eigenvalue weighted by molar-refractivity contribution is 6.09. The first-order valence-electron chi connectivity index (χ1n) is 7.15. The summed E-state index contributed by atoms with van der Waals surface area (Å²) in [5.41, 5.74) is 1.23. The van der Waals surface area contributed by atoms with Crippen LogP contribution in [-0.4, -0.2) is 41.9 Å². The lowest BCUT2D eigenvalue weighted by molar-refractivity contribution is -0.140. The summed E-state index contributed by atoms with van der Waals surface area (Å²) in [7, 11) is 1.30. The molecule has 0 radical (unpaired) electrons. The standard InChI is InChI=1S/C14H23N3O4/c1-9-5-13(2,3)8-14(6-9)11(19)17(12(20)15-14)7-10(18)16-21-4/h9H,5-8H2,1-4H3,(H,15,20)(H,16,18). The molecule has 2 rings (SSSR count). The average molecular weight is 297 g/mol. The highest BCUT2D eigenvalue weighted by Crippen LogP contribution is 2.46. The number of rotatable bonds is 3. The topological polar surface area (TPSA) is 87.7 Å². The molecular formula is C14H23N3O4. The van der Waals surface area contributed by atoms with Crippen LogP contribution in [0.5, 0.6) is 0 Å². The van der Waals surface area contributed by atoms with Crippen LogP contribution in [0.4, 0.5) is 4.79 Å². The molecule has 1 saturated heterocycles. The maximum atomic E-state index is 12.7. The largest absolute Gasteiger partial charge is 0.325 e. The number of carbonyl (C=O) groups is 3. The molecule has 1 spiro atoms. The molecule has 0 aromatic heterocycles. The van der Waals surface area contributed by atoms with Crippen LogP contribution in [0, 0.1) is 11.3 Å². The second-order valence-electron chi connectivity index (χ2n) is 6.99. The monoisotopic (exact) mass is 297 g/mol. The summed E-state index contributed by atoms with van der Waals surface area (Å²) in [5, 5.41) is 2.82. The second-order valence-corrected chi connectivity index (χ2v) is 6.99. The van der Waals surface area contributed by atoms with E-state index in [1.807, 2.05) is 0 Å². The number of hydrogen-bond donors (Lipinski definition) is 2. The zero-order chi connectivity index (χ0) is 15.8. The fourth-order valence-electron chi connectivity index (χ4n) is 3.94. The minimum Gasteiger partial charge on any atom is -0.323 e. The van der Waals surface area contributed by atoms with Gasteiger partial charge in [-0.25, -0.2) is 10.3 Å². The molecule has 1 heterocycles. The molecule has 1 saturated carbocycles. The second kappa shape index (κ2) is 5.29. The first-order valence-corrected chi connectivity index (χ1v) is 7.15. The molecule has 2 aliphatic rings. The van der Waals surface area contributed by atoms with E-state index >= 15 is 0 Å². The van der Waals surface area contributed by atoms with Crippen molar-refractivity contribution < 1.29 is 19.2 Å². The third kappa shape index (κ3) is 3.02. The predicted octanol–water partition coefficient (Wildman–Crippen LogP) is 0.801. The molecule has 7 heteroatoms. The van der Waals surface area contributed by atoms with Gasteiger partial charge >= 0.3 is 6.03 Å². The van der Waals surface area contributed by atoms with Gasteiger partial charge in [0.2, 0.25) is 0 Å². The first-order chi connectivity index (χ1) is 9.69. The summed E-state index contributed by atoms with van der Waals surface area (Å²) in [5.74, 6) is -0.495. The van der Waals surface area contributed by atoms with E-state index in [1.165, 1.54) is 7.11 Å². The first kappa shape index (κ1) is 15.8. The van der Waals surface area contributed by atoms with E-state index in [1.54, 1.807) is 0 Å². The highest BCUT2D eigenvalue weighted by atomic mass is 16.6. The number of amides is 4. The Labute approximate surface area is 124 Å². The Balaban J connectivity index is 2.18. The van der Waals surface area contributed by atoms with Gasteiger partial charge in [0.1, 0.15) is 12.1 Å². The Kier molecular flexibility index (Phi) is 3.97. The molecule has 2 N–H and O–H groups in total. The Morgan fingerprint density at radius 3 is 2.67 bits per heavy atom. The lowest BCUT2D eigenvalue weighted by atomic mass is 9.64. The number of hydrogen-bond acceptors (Lipinski definition) is 4. The van der Waals surface area contributed by atoms with Crippen LogP contribution in [0.1, 0.15) is 40.0 Å². The Hall–Kier alpha value is -1.63. The number of imide groups is 1. The van der Waals surface area contributed by atoms with Crippen molar-refractivity contribution in [3.8, 4) is 0 Å². The molecule has 2 fully saturated rings. The smallest absolute Gasteiger partial charge is 0.323 e. The zero-order valence-electron chi connectivity index (χ0n) is 13.0. The van der Waals surface area contributed by atoms with Gasteiger partial charge in [-0.05, 0) is 30.6 Å². The maximum Gasteiger partial charge on any atom is 0.325 e. The summed E-state index contributed by atoms with van der Waals surface area (Å²) >= 11 is 0. The number of urea groups is 1. The molecule has 4 amide bonds. The van der Waals surface area contributed by atoms with Crippen molar-refractivity contribution in [2.75, 3.05) is 13.7 Å². The number of carbonyl (C=O) groups excluding carboxylic acids is 3. The van der Waals surface area contributed by atoms with Crippen molar-refractivity contribution in [1.82, 2.24) is 15.7 Å². The molecule has 0 aromatic rings. The predicted molar refractivity (Wildman–Crippen MR) is 74.9 cm³/mol. The van der Waals surface area contributed by atoms with E-state index in [9.17, 15) is 14.4 Å². The summed E-state index contributed by atoms with van der Waals surface area (Å²) in [4.78, 5) is 41.8. The van der Waals surface area contributed by atoms with Gasteiger partial charge in [-0.15, -0.1) is 0 Å². The minimum atomic E-state index is -0.869. The molecule has 118 valence electrons. The highest BCUT2D eigenvalue weighted by Gasteiger charge is 2.56. The van der Waals surface area contributed by atoms with E-state index < -0.39 is 17.5 Å². The van der Waals surface area contributed by atoms with Gasteiger partial charge in [0.15, 0.2) is 0 Å². The van der Waals surface area contributed by atoms with Gasteiger partial charge in [0, 0.05) is 0 Å². The molecule has 0 bridgehead atoms. The van der Waals surface area contributed by atoms with Crippen molar-refractivity contribution in [1.29, 1.82) is 0 Å². The van der Waals surface area contributed by atoms with Gasteiger partial charge in [0.25, 0.3) is 11.8 Å². The lowest BCUT2D eigenvalue weighted by Gasteiger charge is -2.43. The van der Waals surface area contributed by atoms with Crippen LogP contribution in [0.15, 0.2) is 0 Å². The van der Waals surface area contributed by atoms with Crippen molar-refractivity contribution in [3.63, 3.8) is 0 Å². The Bertz CT molecular complexity index is 477. The number of nitrogens with zero attached hydrogens (tertiary/aromatic N) is 1. The van der Waals surface area contributed by atoms with Gasteiger partial charge in [-0.1, -0.05) is 20.8 Å². The molecule has 1 aliphatic heterocycles. The van der Waals surface area contributed by atoms with Crippen LogP contribution in [-0.2, 0) is 14.4 Å². The van der Waals surface area contributed by atoms with E-state index in [2.05, 4.69) is 36.4 Å². The Morgan fingerprint density at radius 2 is 2.10 bits per heavy atom. The third-order valence-corrected chi connectivity index (χ3v) is 4.14. The van der Waals surface area contributed by atoms with Gasteiger partial charge < -0.3 is 5.32 Å². The maximum absolute atomic E-state index is 12.7. The fourth-order valence-corrected chi connectivity index (χ4v) is 3.94. The van der Waals surface area contributed by atoms with Crippen molar-refractivity contribution in [2.24, 2.45) is 11.3 Å². The summed E-state index contributed by atoms with van der Waals surface area (Å²) < 4.78 is 0. The summed E-state index contributed by atoms with van der Waals surface area (Å²) in [6.45, 7) is 5.96. The third-order valence-electron chi connectivity index (χ3n) is 4.14. The van der Waals surface area contributed by atoms with E-state index in [-0.39, 0.29) is 17.9 Å². The molecule has 21 heavy (non-hydrogen) atoms. The lowest BCUT2D eigenvalue weighted by Crippen LogP contribution is -2.54. The van der Waals surface area contributed by atoms with Crippen LogP contribution in [0.2, 0.25) is 0 Å². The van der Waals surface area contributed by atoms with Crippen molar-refractivity contribution in [2.45, 2.75) is 45.6 Å². The summed E-state index contributed by atoms with van der Waals surface area (Å²) in [6.07, 6.45) is 2.22. The van der Waals surface area contributed by atoms with Crippen molar-refractivity contribution >= 4 is 17.8 Å². The zero-order valence-corrected chi connectivity index (χ0v) is 13.0. The van der Waals surface area contributed by atoms with E-state index in [0.29, 0.717) is 18.8 Å². The van der Waals surface area contributed by atoms with E-state index in [4.69, 9.17) is 0 Å². The van der Waals surface area contributed by atoms with Gasteiger partial charge in [-0.3, -0.25) is 19.3 Å².